The smallest absolute Gasteiger partial charge is 0.303 e. The molecule has 1 saturated heterocycles. The van der Waals surface area contributed by atoms with E-state index < -0.39 is 0 Å². The number of aromatic nitrogens is 2. The second-order valence-electron chi connectivity index (χ2n) is 10.3. The molecule has 1 aromatic heterocycles. The van der Waals surface area contributed by atoms with Crippen molar-refractivity contribution in [3.05, 3.63) is 107 Å². The van der Waals surface area contributed by atoms with Crippen LogP contribution in [0.2, 0.25) is 0 Å². The maximum atomic E-state index is 13.6. The Hall–Kier alpha value is -3.11. The molecule has 0 spiro atoms. The van der Waals surface area contributed by atoms with Crippen LogP contribution in [-0.4, -0.2) is 33.7 Å². The Bertz CT molecular complexity index is 1270. The quantitative estimate of drug-likeness (QED) is 0.229. The van der Waals surface area contributed by atoms with Crippen LogP contribution in [-0.2, 0) is 19.4 Å². The van der Waals surface area contributed by atoms with Crippen LogP contribution >= 0.6 is 0 Å². The Morgan fingerprint density at radius 3 is 1.75 bits per heavy atom. The lowest BCUT2D eigenvalue weighted by atomic mass is 10.0. The van der Waals surface area contributed by atoms with Crippen LogP contribution < -0.4 is 5.69 Å². The fourth-order valence-electron chi connectivity index (χ4n) is 5.76. The largest absolute Gasteiger partial charge is 0.329 e. The molecular formula is C32H39N3O. The van der Waals surface area contributed by atoms with Gasteiger partial charge in [0, 0.05) is 25.7 Å². The molecule has 4 heteroatoms. The van der Waals surface area contributed by atoms with Crippen molar-refractivity contribution in [3.8, 4) is 0 Å². The number of rotatable bonds is 11. The Kier molecular flexibility index (Phi) is 8.35. The van der Waals surface area contributed by atoms with Crippen molar-refractivity contribution in [2.75, 3.05) is 19.6 Å². The van der Waals surface area contributed by atoms with Crippen molar-refractivity contribution in [1.82, 2.24) is 14.0 Å². The maximum Gasteiger partial charge on any atom is 0.329 e. The van der Waals surface area contributed by atoms with Crippen LogP contribution in [0.3, 0.4) is 0 Å². The lowest BCUT2D eigenvalue weighted by molar-refractivity contribution is 0.183. The third kappa shape index (κ3) is 5.99. The fourth-order valence-corrected chi connectivity index (χ4v) is 5.76. The van der Waals surface area contributed by atoms with Gasteiger partial charge in [0.15, 0.2) is 0 Å². The number of imidazole rings is 1. The Labute approximate surface area is 215 Å². The molecule has 3 aromatic carbocycles. The summed E-state index contributed by atoms with van der Waals surface area (Å²) in [5.41, 5.74) is 5.18. The third-order valence-corrected chi connectivity index (χ3v) is 7.76. The van der Waals surface area contributed by atoms with Crippen molar-refractivity contribution >= 4 is 11.0 Å². The number of hydrogen-bond acceptors (Lipinski definition) is 2. The second-order valence-corrected chi connectivity index (χ2v) is 10.3. The molecule has 0 N–H and O–H groups in total. The van der Waals surface area contributed by atoms with E-state index in [0.717, 1.165) is 75.7 Å². The summed E-state index contributed by atoms with van der Waals surface area (Å²) in [6.07, 6.45) is 8.93. The standard InChI is InChI=1S/C32H39N3O/c36-32-34(24-12-10-18-28-15-5-2-6-16-28)30-19-7-8-20-31(30)35(32)29-21-25-33(26-22-29)23-11-9-17-27-13-3-1-4-14-27/h1-8,13-16,19-20,29H,9-12,17-18,21-26H2. The number of unbranched alkanes of at least 4 members (excludes halogenated alkanes) is 2. The van der Waals surface area contributed by atoms with Gasteiger partial charge in [0.2, 0.25) is 0 Å². The van der Waals surface area contributed by atoms with E-state index in [-0.39, 0.29) is 5.69 Å². The van der Waals surface area contributed by atoms with Crippen LogP contribution in [0, 0.1) is 0 Å². The molecule has 1 fully saturated rings. The van der Waals surface area contributed by atoms with Gasteiger partial charge in [0.1, 0.15) is 0 Å². The molecule has 4 aromatic rings. The van der Waals surface area contributed by atoms with Gasteiger partial charge in [0.25, 0.3) is 0 Å². The second kappa shape index (κ2) is 12.2. The molecular weight excluding hydrogens is 442 g/mol. The van der Waals surface area contributed by atoms with Crippen LogP contribution in [0.5, 0.6) is 0 Å². The Morgan fingerprint density at radius 1 is 0.611 bits per heavy atom. The van der Waals surface area contributed by atoms with Crippen molar-refractivity contribution in [1.29, 1.82) is 0 Å². The summed E-state index contributed by atoms with van der Waals surface area (Å²) in [5, 5.41) is 0. The molecule has 1 aliphatic rings. The van der Waals surface area contributed by atoms with Gasteiger partial charge in [-0.1, -0.05) is 72.8 Å². The predicted octanol–water partition coefficient (Wildman–Crippen LogP) is 6.49. The van der Waals surface area contributed by atoms with Gasteiger partial charge in [-0.25, -0.2) is 4.79 Å². The average molecular weight is 482 g/mol. The molecule has 5 rings (SSSR count). The van der Waals surface area contributed by atoms with Gasteiger partial charge in [-0.2, -0.15) is 0 Å². The van der Waals surface area contributed by atoms with E-state index in [2.05, 4.69) is 94.4 Å². The van der Waals surface area contributed by atoms with Crippen LogP contribution in [0.25, 0.3) is 11.0 Å². The summed E-state index contributed by atoms with van der Waals surface area (Å²) < 4.78 is 4.13. The monoisotopic (exact) mass is 481 g/mol. The number of benzene rings is 3. The first-order valence-corrected chi connectivity index (χ1v) is 13.8. The number of para-hydroxylation sites is 2. The fraction of sp³-hybridized carbons (Fsp3) is 0.406. The molecule has 4 nitrogen and oxygen atoms in total. The van der Waals surface area contributed by atoms with Gasteiger partial charge in [-0.05, 0) is 81.2 Å². The van der Waals surface area contributed by atoms with E-state index in [4.69, 9.17) is 0 Å². The highest BCUT2D eigenvalue weighted by Gasteiger charge is 2.24. The molecule has 0 amide bonds. The van der Waals surface area contributed by atoms with Crippen LogP contribution in [0.1, 0.15) is 55.7 Å². The van der Waals surface area contributed by atoms with Gasteiger partial charge in [0.05, 0.1) is 11.0 Å². The van der Waals surface area contributed by atoms with E-state index in [1.165, 1.54) is 24.0 Å². The van der Waals surface area contributed by atoms with Gasteiger partial charge in [-0.3, -0.25) is 9.13 Å². The van der Waals surface area contributed by atoms with Gasteiger partial charge >= 0.3 is 5.69 Å². The van der Waals surface area contributed by atoms with E-state index in [9.17, 15) is 4.79 Å². The van der Waals surface area contributed by atoms with E-state index >= 15 is 0 Å². The molecule has 0 atom stereocenters. The van der Waals surface area contributed by atoms with Crippen LogP contribution in [0.15, 0.2) is 89.7 Å². The molecule has 1 aliphatic heterocycles. The van der Waals surface area contributed by atoms with Crippen molar-refractivity contribution < 1.29 is 0 Å². The highest BCUT2D eigenvalue weighted by molar-refractivity contribution is 5.76. The summed E-state index contributed by atoms with van der Waals surface area (Å²) in [6.45, 7) is 4.12. The van der Waals surface area contributed by atoms with Crippen molar-refractivity contribution in [2.24, 2.45) is 0 Å². The number of hydrogen-bond donors (Lipinski definition) is 0. The topological polar surface area (TPSA) is 30.2 Å². The molecule has 188 valence electrons. The van der Waals surface area contributed by atoms with Crippen molar-refractivity contribution in [2.45, 2.75) is 64.0 Å². The molecule has 0 saturated carbocycles. The number of aryl methyl sites for hydroxylation is 3. The lowest BCUT2D eigenvalue weighted by Crippen LogP contribution is -2.38. The number of piperidine rings is 1. The summed E-state index contributed by atoms with van der Waals surface area (Å²) in [6, 6.07) is 30.1. The zero-order valence-electron chi connectivity index (χ0n) is 21.4. The molecule has 0 aliphatic carbocycles. The molecule has 0 bridgehead atoms. The first kappa shape index (κ1) is 24.6. The molecule has 2 heterocycles. The van der Waals surface area contributed by atoms with Gasteiger partial charge < -0.3 is 4.90 Å². The highest BCUT2D eigenvalue weighted by atomic mass is 16.1. The minimum Gasteiger partial charge on any atom is -0.303 e. The number of nitrogens with zero attached hydrogens (tertiary/aromatic N) is 3. The van der Waals surface area contributed by atoms with E-state index in [1.807, 2.05) is 4.57 Å². The minimum absolute atomic E-state index is 0.178. The summed E-state index contributed by atoms with van der Waals surface area (Å²) in [7, 11) is 0. The summed E-state index contributed by atoms with van der Waals surface area (Å²) in [5.74, 6) is 0. The minimum atomic E-state index is 0.178. The predicted molar refractivity (Wildman–Crippen MR) is 150 cm³/mol. The summed E-state index contributed by atoms with van der Waals surface area (Å²) >= 11 is 0. The van der Waals surface area contributed by atoms with Gasteiger partial charge in [-0.15, -0.1) is 0 Å². The number of likely N-dealkylation sites (tertiary alicyclic amines) is 1. The average Bonchev–Trinajstić information content (AvgIpc) is 3.21. The zero-order valence-corrected chi connectivity index (χ0v) is 21.4. The number of fused-ring (bicyclic) bond motifs is 1. The first-order chi connectivity index (χ1) is 17.8. The first-order valence-electron chi connectivity index (χ1n) is 13.8. The van der Waals surface area contributed by atoms with Crippen molar-refractivity contribution in [3.63, 3.8) is 0 Å². The molecule has 0 unspecified atom stereocenters. The third-order valence-electron chi connectivity index (χ3n) is 7.76. The lowest BCUT2D eigenvalue weighted by Gasteiger charge is -2.32. The highest BCUT2D eigenvalue weighted by Crippen LogP contribution is 2.26. The molecule has 0 radical (unpaired) electrons. The normalized spacial score (nSPS) is 15.0. The maximum absolute atomic E-state index is 13.6. The SMILES string of the molecule is O=c1n(CCCCc2ccccc2)c2ccccc2n1C1CCN(CCCCc2ccccc2)CC1. The van der Waals surface area contributed by atoms with Crippen LogP contribution in [0.4, 0.5) is 0 Å². The Balaban J connectivity index is 1.16. The van der Waals surface area contributed by atoms with E-state index in [0.29, 0.717) is 6.04 Å². The summed E-state index contributed by atoms with van der Waals surface area (Å²) in [4.78, 5) is 16.2. The van der Waals surface area contributed by atoms with E-state index in [1.54, 1.807) is 0 Å². The zero-order chi connectivity index (χ0) is 24.6. The Morgan fingerprint density at radius 2 is 1.14 bits per heavy atom. The molecule has 36 heavy (non-hydrogen) atoms.